The third-order valence-corrected chi connectivity index (χ3v) is 5.07. The maximum Gasteiger partial charge on any atom is 0.125 e. The number of nitrogens with one attached hydrogen (secondary N) is 1. The second kappa shape index (κ2) is 6.48. The van der Waals surface area contributed by atoms with Crippen molar-refractivity contribution in [3.05, 3.63) is 27.7 Å². The molecule has 2 atom stereocenters. The molecular weight excluding hydrogens is 314 g/mol. The highest BCUT2D eigenvalue weighted by molar-refractivity contribution is 9.10. The van der Waals surface area contributed by atoms with E-state index in [-0.39, 0.29) is 0 Å². The maximum atomic E-state index is 5.86. The molecule has 1 aliphatic heterocycles. The minimum atomic E-state index is 0.722. The van der Waals surface area contributed by atoms with Crippen molar-refractivity contribution in [2.24, 2.45) is 5.92 Å². The minimum Gasteiger partial charge on any atom is -0.493 e. The first-order chi connectivity index (χ1) is 9.76. The molecule has 0 spiro atoms. The third-order valence-electron chi connectivity index (χ3n) is 4.61. The van der Waals surface area contributed by atoms with Crippen LogP contribution in [-0.4, -0.2) is 19.2 Å². The quantitative estimate of drug-likeness (QED) is 0.893. The second-order valence-corrected chi connectivity index (χ2v) is 7.06. The first kappa shape index (κ1) is 14.4. The van der Waals surface area contributed by atoms with Gasteiger partial charge in [0, 0.05) is 16.9 Å². The number of fused-ring (bicyclic) bond motifs is 1. The van der Waals surface area contributed by atoms with Crippen molar-refractivity contribution < 1.29 is 4.74 Å². The summed E-state index contributed by atoms with van der Waals surface area (Å²) in [7, 11) is 0. The van der Waals surface area contributed by atoms with Gasteiger partial charge in [-0.2, -0.15) is 0 Å². The van der Waals surface area contributed by atoms with Crippen LogP contribution in [-0.2, 0) is 12.8 Å². The number of rotatable bonds is 4. The SMILES string of the molecule is CCNC1CCCC(Cc2cc(Br)cc3c2OCC3)C1. The van der Waals surface area contributed by atoms with Gasteiger partial charge in [-0.3, -0.25) is 0 Å². The first-order valence-electron chi connectivity index (χ1n) is 7.93. The van der Waals surface area contributed by atoms with Crippen molar-refractivity contribution in [1.29, 1.82) is 0 Å². The lowest BCUT2D eigenvalue weighted by molar-refractivity contribution is 0.283. The van der Waals surface area contributed by atoms with Crippen molar-refractivity contribution >= 4 is 15.9 Å². The lowest BCUT2D eigenvalue weighted by Gasteiger charge is -2.30. The van der Waals surface area contributed by atoms with E-state index in [4.69, 9.17) is 4.74 Å². The van der Waals surface area contributed by atoms with Crippen LogP contribution in [0.3, 0.4) is 0 Å². The molecule has 0 bridgehead atoms. The molecule has 0 radical (unpaired) electrons. The number of benzene rings is 1. The smallest absolute Gasteiger partial charge is 0.125 e. The van der Waals surface area contributed by atoms with Crippen LogP contribution < -0.4 is 10.1 Å². The summed E-state index contributed by atoms with van der Waals surface area (Å²) in [6.07, 6.45) is 7.62. The highest BCUT2D eigenvalue weighted by Gasteiger charge is 2.24. The molecule has 1 N–H and O–H groups in total. The minimum absolute atomic E-state index is 0.722. The normalized spacial score (nSPS) is 25.3. The van der Waals surface area contributed by atoms with Crippen LogP contribution in [0.1, 0.15) is 43.7 Å². The fraction of sp³-hybridized carbons (Fsp3) is 0.647. The van der Waals surface area contributed by atoms with Gasteiger partial charge >= 0.3 is 0 Å². The molecule has 1 fully saturated rings. The van der Waals surface area contributed by atoms with Crippen molar-refractivity contribution in [2.45, 2.75) is 51.5 Å². The molecular formula is C17H24BrNO. The van der Waals surface area contributed by atoms with Gasteiger partial charge in [-0.1, -0.05) is 35.7 Å². The fourth-order valence-electron chi connectivity index (χ4n) is 3.76. The maximum absolute atomic E-state index is 5.86. The van der Waals surface area contributed by atoms with Crippen molar-refractivity contribution in [3.63, 3.8) is 0 Å². The Morgan fingerprint density at radius 3 is 3.10 bits per heavy atom. The van der Waals surface area contributed by atoms with Gasteiger partial charge in [0.05, 0.1) is 6.61 Å². The van der Waals surface area contributed by atoms with Crippen LogP contribution >= 0.6 is 15.9 Å². The molecule has 2 aliphatic rings. The topological polar surface area (TPSA) is 21.3 Å². The van der Waals surface area contributed by atoms with Gasteiger partial charge in [-0.05, 0) is 55.0 Å². The molecule has 1 aromatic rings. The summed E-state index contributed by atoms with van der Waals surface area (Å²) in [5.74, 6) is 1.98. The lowest BCUT2D eigenvalue weighted by atomic mass is 9.81. The monoisotopic (exact) mass is 337 g/mol. The zero-order valence-corrected chi connectivity index (χ0v) is 13.8. The molecule has 3 heteroatoms. The summed E-state index contributed by atoms with van der Waals surface area (Å²) in [4.78, 5) is 0. The molecule has 0 saturated heterocycles. The largest absolute Gasteiger partial charge is 0.493 e. The number of ether oxygens (including phenoxy) is 1. The molecule has 0 amide bonds. The standard InChI is InChI=1S/C17H24BrNO/c1-2-19-16-5-3-4-12(9-16)8-14-11-15(18)10-13-6-7-20-17(13)14/h10-12,16,19H,2-9H2,1H3. The Balaban J connectivity index is 1.71. The molecule has 2 nitrogen and oxygen atoms in total. The highest BCUT2D eigenvalue weighted by atomic mass is 79.9. The van der Waals surface area contributed by atoms with Crippen LogP contribution in [0.15, 0.2) is 16.6 Å². The number of halogens is 1. The molecule has 2 unspecified atom stereocenters. The molecule has 1 aromatic carbocycles. The Hall–Kier alpha value is -0.540. The summed E-state index contributed by atoms with van der Waals surface area (Å²) in [5.41, 5.74) is 2.79. The van der Waals surface area contributed by atoms with Gasteiger partial charge in [0.1, 0.15) is 5.75 Å². The van der Waals surface area contributed by atoms with Crippen LogP contribution in [0, 0.1) is 5.92 Å². The number of hydrogen-bond donors (Lipinski definition) is 1. The van der Waals surface area contributed by atoms with E-state index < -0.39 is 0 Å². The van der Waals surface area contributed by atoms with E-state index in [9.17, 15) is 0 Å². The summed E-state index contributed by atoms with van der Waals surface area (Å²) in [6.45, 7) is 4.15. The van der Waals surface area contributed by atoms with Gasteiger partial charge in [0.2, 0.25) is 0 Å². The average molecular weight is 338 g/mol. The molecule has 0 aromatic heterocycles. The Bertz CT molecular complexity index is 472. The van der Waals surface area contributed by atoms with Crippen molar-refractivity contribution in [2.75, 3.05) is 13.2 Å². The summed E-state index contributed by atoms with van der Waals surface area (Å²) in [5, 5.41) is 3.62. The van der Waals surface area contributed by atoms with E-state index in [1.165, 1.54) is 53.5 Å². The molecule has 20 heavy (non-hydrogen) atoms. The van der Waals surface area contributed by atoms with Crippen molar-refractivity contribution in [3.8, 4) is 5.75 Å². The van der Waals surface area contributed by atoms with Gasteiger partial charge in [0.25, 0.3) is 0 Å². The van der Waals surface area contributed by atoms with Crippen molar-refractivity contribution in [1.82, 2.24) is 5.32 Å². The van der Waals surface area contributed by atoms with Crippen LogP contribution in [0.4, 0.5) is 0 Å². The van der Waals surface area contributed by atoms with Crippen LogP contribution in [0.5, 0.6) is 5.75 Å². The predicted octanol–water partition coefficient (Wildman–Crippen LogP) is 4.09. The van der Waals surface area contributed by atoms with Gasteiger partial charge in [-0.25, -0.2) is 0 Å². The molecule has 1 aliphatic carbocycles. The highest BCUT2D eigenvalue weighted by Crippen LogP contribution is 2.36. The Morgan fingerprint density at radius 2 is 2.25 bits per heavy atom. The van der Waals surface area contributed by atoms with E-state index in [1.54, 1.807) is 0 Å². The second-order valence-electron chi connectivity index (χ2n) is 6.14. The van der Waals surface area contributed by atoms with E-state index in [2.05, 4.69) is 40.3 Å². The van der Waals surface area contributed by atoms with Crippen LogP contribution in [0.25, 0.3) is 0 Å². The van der Waals surface area contributed by atoms with E-state index in [0.717, 1.165) is 31.5 Å². The third kappa shape index (κ3) is 3.20. The molecule has 1 saturated carbocycles. The molecule has 110 valence electrons. The van der Waals surface area contributed by atoms with E-state index >= 15 is 0 Å². The van der Waals surface area contributed by atoms with E-state index in [0.29, 0.717) is 0 Å². The first-order valence-corrected chi connectivity index (χ1v) is 8.73. The molecule has 1 heterocycles. The summed E-state index contributed by atoms with van der Waals surface area (Å²) >= 11 is 3.65. The Labute approximate surface area is 130 Å². The zero-order valence-electron chi connectivity index (χ0n) is 12.3. The van der Waals surface area contributed by atoms with Crippen LogP contribution in [0.2, 0.25) is 0 Å². The Kier molecular flexibility index (Phi) is 4.67. The summed E-state index contributed by atoms with van der Waals surface area (Å²) < 4.78 is 7.07. The lowest BCUT2D eigenvalue weighted by Crippen LogP contribution is -2.34. The number of hydrogen-bond acceptors (Lipinski definition) is 2. The van der Waals surface area contributed by atoms with Gasteiger partial charge in [0.15, 0.2) is 0 Å². The zero-order chi connectivity index (χ0) is 13.9. The molecule has 3 rings (SSSR count). The average Bonchev–Trinajstić information content (AvgIpc) is 2.87. The van der Waals surface area contributed by atoms with E-state index in [1.807, 2.05) is 0 Å². The van der Waals surface area contributed by atoms with Gasteiger partial charge < -0.3 is 10.1 Å². The Morgan fingerprint density at radius 1 is 1.35 bits per heavy atom. The fourth-order valence-corrected chi connectivity index (χ4v) is 4.31. The summed E-state index contributed by atoms with van der Waals surface area (Å²) in [6, 6.07) is 5.20. The van der Waals surface area contributed by atoms with Gasteiger partial charge in [-0.15, -0.1) is 0 Å². The predicted molar refractivity (Wildman–Crippen MR) is 86.5 cm³/mol.